The summed E-state index contributed by atoms with van der Waals surface area (Å²) in [5, 5.41) is 10.9. The molecule has 1 heterocycles. The lowest BCUT2D eigenvalue weighted by atomic mass is 9.94. The van der Waals surface area contributed by atoms with Crippen LogP contribution in [0.15, 0.2) is 90.2 Å². The molecule has 0 radical (unpaired) electrons. The van der Waals surface area contributed by atoms with E-state index in [0.29, 0.717) is 28.5 Å². The number of aliphatic hydroxyl groups excluding tert-OH is 1. The maximum Gasteiger partial charge on any atom is 0.294 e. The molecular weight excluding hydrogens is 446 g/mol. The topological polar surface area (TPSA) is 85.3 Å². The predicted octanol–water partition coefficient (Wildman–Crippen LogP) is 4.89. The van der Waals surface area contributed by atoms with Gasteiger partial charge in [-0.05, 0) is 48.0 Å². The number of nitrogens with zero attached hydrogens (tertiary/aromatic N) is 1. The lowest BCUT2D eigenvalue weighted by molar-refractivity contribution is -0.117. The standard InChI is InChI=1S/C28H25NO6/c1-33-20-12-10-19(11-13-20)29-26(22-15-14-21(34-2)17-24(22)35-3)25(27(31)28(29)32)23(30)16-9-18-7-5-4-6-8-18/h4-17,26,31H,1-3H3/b16-9+/t26-/m0/s1. The first-order valence-electron chi connectivity index (χ1n) is 10.9. The van der Waals surface area contributed by atoms with Crippen LogP contribution < -0.4 is 19.1 Å². The fraction of sp³-hybridized carbons (Fsp3) is 0.143. The van der Waals surface area contributed by atoms with Gasteiger partial charge in [-0.1, -0.05) is 36.4 Å². The van der Waals surface area contributed by atoms with Crippen molar-refractivity contribution >= 4 is 23.5 Å². The molecule has 0 spiro atoms. The van der Waals surface area contributed by atoms with E-state index < -0.39 is 23.5 Å². The lowest BCUT2D eigenvalue weighted by Gasteiger charge is -2.28. The van der Waals surface area contributed by atoms with Crippen LogP contribution in [-0.2, 0) is 9.59 Å². The van der Waals surface area contributed by atoms with Crippen LogP contribution in [0.25, 0.3) is 6.08 Å². The molecule has 0 unspecified atom stereocenters. The van der Waals surface area contributed by atoms with Crippen molar-refractivity contribution in [2.75, 3.05) is 26.2 Å². The van der Waals surface area contributed by atoms with Gasteiger partial charge in [0.15, 0.2) is 11.5 Å². The number of methoxy groups -OCH3 is 3. The summed E-state index contributed by atoms with van der Waals surface area (Å²) in [6.45, 7) is 0. The zero-order valence-corrected chi connectivity index (χ0v) is 19.6. The first kappa shape index (κ1) is 23.6. The van der Waals surface area contributed by atoms with Gasteiger partial charge in [-0.15, -0.1) is 0 Å². The Balaban J connectivity index is 1.84. The summed E-state index contributed by atoms with van der Waals surface area (Å²) < 4.78 is 16.1. The normalized spacial score (nSPS) is 15.6. The van der Waals surface area contributed by atoms with Gasteiger partial charge < -0.3 is 19.3 Å². The van der Waals surface area contributed by atoms with E-state index in [-0.39, 0.29) is 5.57 Å². The average Bonchev–Trinajstić information content (AvgIpc) is 3.17. The van der Waals surface area contributed by atoms with E-state index in [1.807, 2.05) is 30.3 Å². The second-order valence-electron chi connectivity index (χ2n) is 7.75. The molecule has 3 aromatic rings. The Bertz CT molecular complexity index is 1290. The summed E-state index contributed by atoms with van der Waals surface area (Å²) in [6.07, 6.45) is 3.00. The number of aliphatic hydroxyl groups is 1. The largest absolute Gasteiger partial charge is 0.503 e. The highest BCUT2D eigenvalue weighted by molar-refractivity contribution is 6.20. The molecule has 4 rings (SSSR count). The van der Waals surface area contributed by atoms with Crippen LogP contribution in [0.5, 0.6) is 17.2 Å². The smallest absolute Gasteiger partial charge is 0.294 e. The third-order valence-electron chi connectivity index (χ3n) is 5.79. The minimum Gasteiger partial charge on any atom is -0.503 e. The van der Waals surface area contributed by atoms with E-state index in [1.165, 1.54) is 25.2 Å². The molecule has 0 aromatic heterocycles. The number of hydrogen-bond donors (Lipinski definition) is 1. The maximum absolute atomic E-state index is 13.4. The maximum atomic E-state index is 13.4. The molecule has 1 aliphatic rings. The van der Waals surface area contributed by atoms with Crippen LogP contribution in [-0.4, -0.2) is 38.1 Å². The van der Waals surface area contributed by atoms with Gasteiger partial charge in [-0.25, -0.2) is 0 Å². The summed E-state index contributed by atoms with van der Waals surface area (Å²) in [4.78, 5) is 28.1. The number of ether oxygens (including phenoxy) is 3. The molecule has 1 aliphatic heterocycles. The molecule has 0 fully saturated rings. The predicted molar refractivity (Wildman–Crippen MR) is 133 cm³/mol. The number of allylic oxidation sites excluding steroid dienone is 1. The van der Waals surface area contributed by atoms with Crippen molar-refractivity contribution in [1.29, 1.82) is 0 Å². The SMILES string of the molecule is COc1ccc(N2C(=O)C(O)=C(C(=O)/C=C/c3ccccc3)[C@@H]2c2ccc(OC)cc2OC)cc1. The van der Waals surface area contributed by atoms with Crippen molar-refractivity contribution in [2.45, 2.75) is 6.04 Å². The van der Waals surface area contributed by atoms with E-state index >= 15 is 0 Å². The van der Waals surface area contributed by atoms with Crippen LogP contribution in [0.3, 0.4) is 0 Å². The van der Waals surface area contributed by atoms with Crippen molar-refractivity contribution in [3.63, 3.8) is 0 Å². The van der Waals surface area contributed by atoms with Crippen molar-refractivity contribution in [3.05, 3.63) is 101 Å². The summed E-state index contributed by atoms with van der Waals surface area (Å²) in [5.74, 6) is -0.207. The van der Waals surface area contributed by atoms with Crippen LogP contribution >= 0.6 is 0 Å². The summed E-state index contributed by atoms with van der Waals surface area (Å²) in [6, 6.07) is 20.3. The van der Waals surface area contributed by atoms with Crippen LogP contribution in [0.2, 0.25) is 0 Å². The van der Waals surface area contributed by atoms with Crippen LogP contribution in [0, 0.1) is 0 Å². The molecule has 1 N–H and O–H groups in total. The molecule has 0 aliphatic carbocycles. The molecule has 1 amide bonds. The monoisotopic (exact) mass is 471 g/mol. The van der Waals surface area contributed by atoms with Gasteiger partial charge in [0.05, 0.1) is 32.9 Å². The third kappa shape index (κ3) is 4.61. The number of carbonyl (C=O) groups is 2. The van der Waals surface area contributed by atoms with E-state index in [1.54, 1.807) is 55.7 Å². The van der Waals surface area contributed by atoms with Gasteiger partial charge in [0.25, 0.3) is 5.91 Å². The molecule has 35 heavy (non-hydrogen) atoms. The Labute approximate surface area is 203 Å². The average molecular weight is 472 g/mol. The Morgan fingerprint density at radius 1 is 0.886 bits per heavy atom. The van der Waals surface area contributed by atoms with E-state index in [2.05, 4.69) is 0 Å². The highest BCUT2D eigenvalue weighted by Gasteiger charge is 2.45. The minimum atomic E-state index is -0.926. The summed E-state index contributed by atoms with van der Waals surface area (Å²) in [5.41, 5.74) is 1.79. The molecular formula is C28H25NO6. The third-order valence-corrected chi connectivity index (χ3v) is 5.79. The molecule has 1 atom stereocenters. The van der Waals surface area contributed by atoms with Gasteiger partial charge >= 0.3 is 0 Å². The van der Waals surface area contributed by atoms with Crippen molar-refractivity contribution in [3.8, 4) is 17.2 Å². The molecule has 0 bridgehead atoms. The lowest BCUT2D eigenvalue weighted by Crippen LogP contribution is -2.31. The Hall–Kier alpha value is -4.52. The zero-order chi connectivity index (χ0) is 24.9. The second kappa shape index (κ2) is 10.2. The molecule has 7 heteroatoms. The first-order chi connectivity index (χ1) is 17.0. The number of anilines is 1. The molecule has 0 saturated heterocycles. The molecule has 178 valence electrons. The van der Waals surface area contributed by atoms with E-state index in [4.69, 9.17) is 14.2 Å². The molecule has 7 nitrogen and oxygen atoms in total. The first-order valence-corrected chi connectivity index (χ1v) is 10.9. The van der Waals surface area contributed by atoms with Gasteiger partial charge in [-0.3, -0.25) is 14.5 Å². The van der Waals surface area contributed by atoms with Crippen molar-refractivity contribution in [1.82, 2.24) is 0 Å². The Morgan fingerprint density at radius 2 is 1.54 bits per heavy atom. The minimum absolute atomic E-state index is 0.0403. The number of hydrogen-bond acceptors (Lipinski definition) is 6. The van der Waals surface area contributed by atoms with Gasteiger partial charge in [0.1, 0.15) is 17.2 Å². The number of rotatable bonds is 8. The summed E-state index contributed by atoms with van der Waals surface area (Å²) in [7, 11) is 4.57. The van der Waals surface area contributed by atoms with E-state index in [9.17, 15) is 14.7 Å². The Morgan fingerprint density at radius 3 is 2.17 bits per heavy atom. The fourth-order valence-corrected chi connectivity index (χ4v) is 4.03. The summed E-state index contributed by atoms with van der Waals surface area (Å²) >= 11 is 0. The zero-order valence-electron chi connectivity index (χ0n) is 19.6. The number of benzene rings is 3. The molecule has 3 aromatic carbocycles. The van der Waals surface area contributed by atoms with Crippen LogP contribution in [0.4, 0.5) is 5.69 Å². The quantitative estimate of drug-likeness (QED) is 0.471. The fourth-order valence-electron chi connectivity index (χ4n) is 4.03. The van der Waals surface area contributed by atoms with Gasteiger partial charge in [0, 0.05) is 17.3 Å². The second-order valence-corrected chi connectivity index (χ2v) is 7.75. The van der Waals surface area contributed by atoms with E-state index in [0.717, 1.165) is 5.56 Å². The number of ketones is 1. The van der Waals surface area contributed by atoms with Crippen LogP contribution in [0.1, 0.15) is 17.2 Å². The highest BCUT2D eigenvalue weighted by atomic mass is 16.5. The van der Waals surface area contributed by atoms with Gasteiger partial charge in [-0.2, -0.15) is 0 Å². The van der Waals surface area contributed by atoms with Gasteiger partial charge in [0.2, 0.25) is 0 Å². The number of carbonyl (C=O) groups excluding carboxylic acids is 2. The van der Waals surface area contributed by atoms with Crippen molar-refractivity contribution < 1.29 is 28.9 Å². The molecule has 0 saturated carbocycles. The van der Waals surface area contributed by atoms with Crippen molar-refractivity contribution in [2.24, 2.45) is 0 Å². The Kier molecular flexibility index (Phi) is 6.87. The number of amides is 1. The highest BCUT2D eigenvalue weighted by Crippen LogP contribution is 2.45.